The largest absolute Gasteiger partial charge is 0.453 e. The number of halogens is 3. The monoisotopic (exact) mass is 338 g/mol. The van der Waals surface area contributed by atoms with Crippen molar-refractivity contribution in [3.63, 3.8) is 0 Å². The van der Waals surface area contributed by atoms with E-state index in [1.54, 1.807) is 37.3 Å². The second kappa shape index (κ2) is 5.75. The molecule has 9 heteroatoms. The van der Waals surface area contributed by atoms with Gasteiger partial charge in [0, 0.05) is 11.8 Å². The Bertz CT molecular complexity index is 932. The van der Waals surface area contributed by atoms with Crippen molar-refractivity contribution in [2.24, 2.45) is 0 Å². The fourth-order valence-corrected chi connectivity index (χ4v) is 2.40. The third kappa shape index (κ3) is 2.90. The summed E-state index contributed by atoms with van der Waals surface area (Å²) in [6, 6.07) is 9.82. The molecule has 0 bridgehead atoms. The van der Waals surface area contributed by atoms with Crippen LogP contribution in [0.4, 0.5) is 13.2 Å². The number of benzene rings is 1. The van der Waals surface area contributed by atoms with Gasteiger partial charge >= 0.3 is 6.18 Å². The summed E-state index contributed by atoms with van der Waals surface area (Å²) in [4.78, 5) is 15.3. The van der Waals surface area contributed by atoms with E-state index in [9.17, 15) is 23.1 Å². The van der Waals surface area contributed by atoms with Crippen LogP contribution < -0.4 is 5.56 Å². The highest BCUT2D eigenvalue weighted by atomic mass is 19.4. The minimum absolute atomic E-state index is 0.0599. The van der Waals surface area contributed by atoms with Crippen molar-refractivity contribution in [1.82, 2.24) is 19.2 Å². The molecule has 0 unspecified atom stereocenters. The smallest absolute Gasteiger partial charge is 0.387 e. The lowest BCUT2D eigenvalue weighted by Gasteiger charge is -2.16. The van der Waals surface area contributed by atoms with E-state index in [1.807, 2.05) is 0 Å². The molecule has 1 N–H and O–H groups in total. The molecule has 0 amide bonds. The number of aromatic nitrogens is 4. The van der Waals surface area contributed by atoms with Gasteiger partial charge in [-0.1, -0.05) is 30.3 Å². The van der Waals surface area contributed by atoms with Gasteiger partial charge in [-0.15, -0.1) is 5.10 Å². The van der Waals surface area contributed by atoms with Gasteiger partial charge in [0.15, 0.2) is 0 Å². The maximum absolute atomic E-state index is 12.8. The molecular weight excluding hydrogens is 325 g/mol. The molecule has 6 nitrogen and oxygen atoms in total. The first-order valence-electron chi connectivity index (χ1n) is 7.05. The molecule has 24 heavy (non-hydrogen) atoms. The van der Waals surface area contributed by atoms with Crippen LogP contribution in [0, 0.1) is 6.92 Å². The number of aryl methyl sites for hydroxylation is 1. The fraction of sp³-hybridized carbons (Fsp3) is 0.267. The average molecular weight is 338 g/mol. The molecule has 0 radical (unpaired) electrons. The number of rotatable bonds is 3. The topological polar surface area (TPSA) is 72.4 Å². The Labute approximate surface area is 133 Å². The SMILES string of the molecule is Cc1cc(=O)n2nc(C(F)(F)F)nc2n1C[C@@H](O)c1ccccc1. The van der Waals surface area contributed by atoms with E-state index in [4.69, 9.17) is 0 Å². The van der Waals surface area contributed by atoms with Gasteiger partial charge in [-0.05, 0) is 12.5 Å². The molecular formula is C15H13F3N4O2. The lowest BCUT2D eigenvalue weighted by molar-refractivity contribution is -0.144. The first-order valence-corrected chi connectivity index (χ1v) is 7.05. The van der Waals surface area contributed by atoms with E-state index in [1.165, 1.54) is 4.57 Å². The number of hydrogen-bond acceptors (Lipinski definition) is 4. The third-order valence-corrected chi connectivity index (χ3v) is 3.59. The van der Waals surface area contributed by atoms with Gasteiger partial charge in [0.05, 0.1) is 12.6 Å². The Morgan fingerprint density at radius 2 is 1.92 bits per heavy atom. The van der Waals surface area contributed by atoms with Crippen molar-refractivity contribution < 1.29 is 18.3 Å². The molecule has 0 aliphatic rings. The molecule has 2 aromatic heterocycles. The Hall–Kier alpha value is -2.68. The molecule has 0 saturated carbocycles. The number of alkyl halides is 3. The van der Waals surface area contributed by atoms with Crippen LogP contribution in [0.15, 0.2) is 41.2 Å². The average Bonchev–Trinajstić information content (AvgIpc) is 2.98. The minimum atomic E-state index is -4.76. The molecule has 126 valence electrons. The summed E-state index contributed by atoms with van der Waals surface area (Å²) in [5.41, 5.74) is 0.267. The zero-order valence-corrected chi connectivity index (χ0v) is 12.5. The van der Waals surface area contributed by atoms with E-state index in [0.717, 1.165) is 6.07 Å². The van der Waals surface area contributed by atoms with Crippen molar-refractivity contribution in [3.05, 3.63) is 63.8 Å². The molecule has 0 spiro atoms. The van der Waals surface area contributed by atoms with Gasteiger partial charge in [-0.3, -0.25) is 4.79 Å². The number of nitrogens with zero attached hydrogens (tertiary/aromatic N) is 4. The Morgan fingerprint density at radius 3 is 2.54 bits per heavy atom. The van der Waals surface area contributed by atoms with Crippen molar-refractivity contribution >= 4 is 5.78 Å². The summed E-state index contributed by atoms with van der Waals surface area (Å²) >= 11 is 0. The standard InChI is InChI=1S/C15H13F3N4O2/c1-9-7-12(24)22-14(19-13(20-22)15(16,17)18)21(9)8-11(23)10-5-3-2-4-6-10/h2-7,11,23H,8H2,1H3/t11-/m1/s1. The number of hydrogen-bond donors (Lipinski definition) is 1. The molecule has 2 heterocycles. The predicted octanol–water partition coefficient (Wildman–Crippen LogP) is 1.95. The van der Waals surface area contributed by atoms with Crippen LogP contribution in [0.5, 0.6) is 0 Å². The molecule has 1 aromatic carbocycles. The second-order valence-electron chi connectivity index (χ2n) is 5.31. The highest BCUT2D eigenvalue weighted by Gasteiger charge is 2.37. The van der Waals surface area contributed by atoms with Crippen molar-refractivity contribution in [2.45, 2.75) is 25.7 Å². The molecule has 0 aliphatic carbocycles. The summed E-state index contributed by atoms with van der Waals surface area (Å²) < 4.78 is 40.4. The Kier molecular flexibility index (Phi) is 3.88. The van der Waals surface area contributed by atoms with Crippen molar-refractivity contribution in [2.75, 3.05) is 0 Å². The van der Waals surface area contributed by atoms with Gasteiger partial charge in [-0.2, -0.15) is 22.7 Å². The maximum Gasteiger partial charge on any atom is 0.453 e. The van der Waals surface area contributed by atoms with Crippen molar-refractivity contribution in [3.8, 4) is 0 Å². The summed E-state index contributed by atoms with van der Waals surface area (Å²) in [7, 11) is 0. The van der Waals surface area contributed by atoms with Gasteiger partial charge in [0.2, 0.25) is 5.78 Å². The van der Waals surface area contributed by atoms with Crippen molar-refractivity contribution in [1.29, 1.82) is 0 Å². The number of aliphatic hydroxyl groups excluding tert-OH is 1. The minimum Gasteiger partial charge on any atom is -0.387 e. The lowest BCUT2D eigenvalue weighted by atomic mass is 10.1. The Balaban J connectivity index is 2.10. The normalized spacial score (nSPS) is 13.4. The highest BCUT2D eigenvalue weighted by molar-refractivity contribution is 5.32. The highest BCUT2D eigenvalue weighted by Crippen LogP contribution is 2.26. The third-order valence-electron chi connectivity index (χ3n) is 3.59. The van der Waals surface area contributed by atoms with Crippen LogP contribution in [-0.2, 0) is 12.7 Å². The zero-order chi connectivity index (χ0) is 17.5. The van der Waals surface area contributed by atoms with Crippen LogP contribution in [0.25, 0.3) is 5.78 Å². The number of fused-ring (bicyclic) bond motifs is 1. The predicted molar refractivity (Wildman–Crippen MR) is 78.4 cm³/mol. The quantitative estimate of drug-likeness (QED) is 0.792. The van der Waals surface area contributed by atoms with Gasteiger partial charge in [-0.25, -0.2) is 0 Å². The first-order chi connectivity index (χ1) is 11.3. The molecule has 0 saturated heterocycles. The summed E-state index contributed by atoms with van der Waals surface area (Å²) in [5, 5.41) is 13.5. The van der Waals surface area contributed by atoms with Gasteiger partial charge in [0.25, 0.3) is 11.4 Å². The van der Waals surface area contributed by atoms with Crippen LogP contribution in [0.2, 0.25) is 0 Å². The molecule has 1 atom stereocenters. The van der Waals surface area contributed by atoms with Crippen LogP contribution in [0.3, 0.4) is 0 Å². The van der Waals surface area contributed by atoms with E-state index in [0.29, 0.717) is 15.8 Å². The summed E-state index contributed by atoms with van der Waals surface area (Å²) in [5.74, 6) is -1.66. The summed E-state index contributed by atoms with van der Waals surface area (Å²) in [6.07, 6.45) is -5.73. The fourth-order valence-electron chi connectivity index (χ4n) is 2.40. The first kappa shape index (κ1) is 16.2. The van der Waals surface area contributed by atoms with E-state index >= 15 is 0 Å². The molecule has 0 aliphatic heterocycles. The molecule has 3 rings (SSSR count). The second-order valence-corrected chi connectivity index (χ2v) is 5.31. The number of aliphatic hydroxyl groups is 1. The van der Waals surface area contributed by atoms with E-state index in [-0.39, 0.29) is 12.3 Å². The van der Waals surface area contributed by atoms with Crippen LogP contribution in [-0.4, -0.2) is 24.3 Å². The zero-order valence-electron chi connectivity index (χ0n) is 12.5. The van der Waals surface area contributed by atoms with Crippen LogP contribution in [0.1, 0.15) is 23.2 Å². The molecule has 3 aromatic rings. The lowest BCUT2D eigenvalue weighted by Crippen LogP contribution is -2.22. The Morgan fingerprint density at radius 1 is 1.25 bits per heavy atom. The maximum atomic E-state index is 12.8. The van der Waals surface area contributed by atoms with E-state index in [2.05, 4.69) is 10.1 Å². The molecule has 0 fully saturated rings. The summed E-state index contributed by atoms with van der Waals surface area (Å²) in [6.45, 7) is 1.50. The van der Waals surface area contributed by atoms with Gasteiger partial charge in [0.1, 0.15) is 0 Å². The van der Waals surface area contributed by atoms with Crippen LogP contribution >= 0.6 is 0 Å². The van der Waals surface area contributed by atoms with Gasteiger partial charge < -0.3 is 9.67 Å². The van der Waals surface area contributed by atoms with E-state index < -0.39 is 23.7 Å².